The van der Waals surface area contributed by atoms with E-state index in [9.17, 15) is 78.4 Å². The number of nitrogens with two attached hydrogens (primary N) is 4. The van der Waals surface area contributed by atoms with Crippen molar-refractivity contribution in [2.45, 2.75) is 140 Å². The molecule has 0 saturated heterocycles. The number of carbonyl (C=O) groups excluding carboxylic acids is 4. The number of anilines is 2. The van der Waals surface area contributed by atoms with Crippen LogP contribution < -0.4 is 31.2 Å². The first-order valence-electron chi connectivity index (χ1n) is 43.8. The summed E-state index contributed by atoms with van der Waals surface area (Å²) in [5.74, 6) is -1.65. The molecule has 0 bridgehead atoms. The Kier molecular flexibility index (Phi) is 36.4. The molecule has 0 radical (unpaired) electrons. The van der Waals surface area contributed by atoms with Gasteiger partial charge in [0.15, 0.2) is 0 Å². The number of aryl methyl sites for hydroxylation is 1. The van der Waals surface area contributed by atoms with Gasteiger partial charge in [0.1, 0.15) is 43.0 Å². The average molecular weight is 2180 g/mol. The molecule has 49 heteroatoms. The van der Waals surface area contributed by atoms with Gasteiger partial charge >= 0.3 is 41.2 Å². The second-order valence-corrected chi connectivity index (χ2v) is 46.4. The van der Waals surface area contributed by atoms with Crippen LogP contribution in [-0.2, 0) is 83.8 Å². The summed E-state index contributed by atoms with van der Waals surface area (Å²) in [4.78, 5) is 89.2. The van der Waals surface area contributed by atoms with Crippen LogP contribution in [0.15, 0.2) is 182 Å². The lowest BCUT2D eigenvalue weighted by Crippen LogP contribution is -2.24. The van der Waals surface area contributed by atoms with Crippen molar-refractivity contribution in [3.63, 3.8) is 0 Å². The van der Waals surface area contributed by atoms with Crippen LogP contribution in [0.25, 0.3) is 10.9 Å². The van der Waals surface area contributed by atoms with Gasteiger partial charge in [-0.3, -0.25) is 35.9 Å². The molecule has 13 aromatic rings. The number of benzene rings is 3. The molecule has 748 valence electrons. The van der Waals surface area contributed by atoms with Crippen LogP contribution in [0.5, 0.6) is 0 Å². The van der Waals surface area contributed by atoms with Gasteiger partial charge in [-0.1, -0.05) is 108 Å². The molecular formula is C92H97Cl4N15O21S9. The van der Waals surface area contributed by atoms with Gasteiger partial charge in [0.05, 0.1) is 123 Å². The van der Waals surface area contributed by atoms with E-state index in [0.717, 1.165) is 39.1 Å². The zero-order valence-electron chi connectivity index (χ0n) is 75.0. The Hall–Kier alpha value is -9.26. The summed E-state index contributed by atoms with van der Waals surface area (Å²) in [6.45, 7) is 4.07. The number of hydrogen-bond donors (Lipinski definition) is 11. The van der Waals surface area contributed by atoms with Crippen molar-refractivity contribution >= 4 is 190 Å². The van der Waals surface area contributed by atoms with E-state index in [1.54, 1.807) is 24.4 Å². The molecule has 2 unspecified atom stereocenters. The van der Waals surface area contributed by atoms with E-state index in [1.165, 1.54) is 112 Å². The predicted octanol–water partition coefficient (Wildman–Crippen LogP) is 12.7. The molecule has 0 spiro atoms. The van der Waals surface area contributed by atoms with Crippen molar-refractivity contribution < 1.29 is 95.1 Å². The third kappa shape index (κ3) is 29.6. The summed E-state index contributed by atoms with van der Waals surface area (Å²) in [6, 6.07) is 33.9. The molecule has 4 fully saturated rings. The lowest BCUT2D eigenvalue weighted by molar-refractivity contribution is 0.0997. The molecule has 15 N–H and O–H groups in total. The number of thiophene rings is 5. The standard InChI is InChI=1S/C26H28N4O5S2.C23H23Cl2N3O5S2.C23H26N4O5S2.C20H20Cl2N4O6S3/c1-16-11-30(23-5-3-2-4-20(16)23)12-18-9-25(36-14-18)26(32)21-10-28-15-29-22(21)7-17-6-19(24(31)8-17)13-35-37(27,33)34;24-18-2-1-13(5-19(18)25)3-15-8-22(34-11-15)23(30)17-9-27-12-28-20(17)6-14-4-16(21(29)7-14)10-33-35(26,31)32;1-14(15-5-3-2-4-6-15)17-8-21(33-12-17)22(29)19-10-25-13-26-23(19)27-18-7-16(20(28)9-18)11-32-34(24,30)31;21-16-2-1-14(33-16)17(28)11-5-15(34-19(11)22)18(29)12-6-24-8-25-20(12)26-10-3-9(13(27)4-10)7-32-35(23,30)31/h2-5,9-11,14-15,17,19,24,31H,6-8,12-13H2,1H3,(H2,27,33,34);1-2,5,8-9,11-12,14,16,21,29H,3-4,6-7,10H2,(H2,26,31,32);2-6,8,10,12-14,16,18,20,28H,7,9,11H2,1H3,(H2,24,30,31)(H,25,26,27);1-2,5-6,8-10,13,17,27-28H,3-4,7H2,(H2,23,30,31)(H,24,25,26)/t17-,19+,24-;14-,16+,21-;14?,16-,18-,20+;9-,10-,13+,17?/m0011/s1. The zero-order valence-corrected chi connectivity index (χ0v) is 85.4. The van der Waals surface area contributed by atoms with E-state index in [0.29, 0.717) is 151 Å². The molecule has 10 heterocycles. The number of halogens is 4. The van der Waals surface area contributed by atoms with Gasteiger partial charge in [0.2, 0.25) is 23.1 Å². The van der Waals surface area contributed by atoms with Gasteiger partial charge in [-0.2, -0.15) is 33.7 Å². The Bertz CT molecular complexity index is 7130. The lowest BCUT2D eigenvalue weighted by atomic mass is 9.95. The summed E-state index contributed by atoms with van der Waals surface area (Å²) in [7, 11) is -16.3. The van der Waals surface area contributed by atoms with Crippen LogP contribution in [-0.4, -0.2) is 190 Å². The number of nitrogens with one attached hydrogen (secondary N) is 2. The van der Waals surface area contributed by atoms with Gasteiger partial charge in [-0.25, -0.2) is 60.4 Å². The Morgan fingerprint density at radius 1 is 0.475 bits per heavy atom. The largest absolute Gasteiger partial charge is 0.393 e. The zero-order chi connectivity index (χ0) is 101. The number of carbonyl (C=O) groups is 4. The minimum Gasteiger partial charge on any atom is -0.393 e. The highest BCUT2D eigenvalue weighted by Gasteiger charge is 2.40. The molecule has 4 aliphatic carbocycles. The number of hydrogen-bond acceptors (Lipinski definition) is 36. The van der Waals surface area contributed by atoms with E-state index >= 15 is 0 Å². The van der Waals surface area contributed by atoms with Gasteiger partial charge in [-0.15, -0.1) is 56.7 Å². The third-order valence-electron chi connectivity index (χ3n) is 24.5. The maximum Gasteiger partial charge on any atom is 0.333 e. The van der Waals surface area contributed by atoms with Gasteiger partial charge < -0.3 is 40.7 Å². The molecule has 0 amide bonds. The Balaban J connectivity index is 0.000000150. The first kappa shape index (κ1) is 107. The molecule has 3 aromatic carbocycles. The molecule has 14 atom stereocenters. The van der Waals surface area contributed by atoms with Gasteiger partial charge in [-0.05, 0) is 194 Å². The molecule has 36 nitrogen and oxygen atoms in total. The highest BCUT2D eigenvalue weighted by Crippen LogP contribution is 2.43. The minimum atomic E-state index is -4.11. The molecule has 17 rings (SSSR count). The van der Waals surface area contributed by atoms with Crippen molar-refractivity contribution in [3.05, 3.63) is 297 Å². The van der Waals surface area contributed by atoms with Crippen LogP contribution in [0.1, 0.15) is 186 Å². The van der Waals surface area contributed by atoms with Crippen LogP contribution >= 0.6 is 103 Å². The molecule has 141 heavy (non-hydrogen) atoms. The van der Waals surface area contributed by atoms with Crippen LogP contribution in [0.2, 0.25) is 18.7 Å². The number of para-hydroxylation sites is 1. The molecule has 4 aliphatic rings. The van der Waals surface area contributed by atoms with Crippen molar-refractivity contribution in [3.8, 4) is 0 Å². The summed E-state index contributed by atoms with van der Waals surface area (Å²) >= 11 is 30.8. The van der Waals surface area contributed by atoms with Gasteiger partial charge in [0.25, 0.3) is 0 Å². The van der Waals surface area contributed by atoms with Crippen molar-refractivity contribution in [1.29, 1.82) is 0 Å². The molecule has 10 aromatic heterocycles. The fourth-order valence-corrected chi connectivity index (χ4v) is 24.3. The summed E-state index contributed by atoms with van der Waals surface area (Å²) in [6.07, 6.45) is 14.4. The van der Waals surface area contributed by atoms with Crippen LogP contribution in [0.3, 0.4) is 0 Å². The number of aliphatic hydroxyl groups excluding tert-OH is 5. The number of nitrogens with zero attached hydrogens (tertiary/aromatic N) is 9. The SMILES string of the molecule is CC(c1ccccc1)c1csc(C(=O)c2cncnc2N[C@@H]2C[C@H](COS(N)(=O)=O)[C@@H](O)C2)c1.Cc1cn(Cc2csc(C(=O)c3cncnc3C[C@@H]3C[C@H](COS(N)(=O)=O)[C@@H](O)C3)c2)c2ccccc12.NS(=O)(=O)OC[C@H]1C[C@@H](Cc2ncncc2C(=O)c2cc(Cc3ccc(Cl)c(Cl)c3)cs2)C[C@@H]1O.NS(=O)(=O)OC[C@H]1C[C@@H](Nc2ncncc2C(=O)c2cc(C(O)c3ccc(Cl)s3)c(Cl)s2)C[C@@H]1O. The number of rotatable bonds is 36. The Morgan fingerprint density at radius 2 is 0.922 bits per heavy atom. The fraction of sp³-hybridized carbons (Fsp3) is 0.348. The topological polar surface area (TPSA) is 579 Å². The Labute approximate surface area is 852 Å². The molecule has 4 saturated carbocycles. The minimum absolute atomic E-state index is 0.00841. The average Bonchev–Trinajstić information content (AvgIpc) is 1.65. The Morgan fingerprint density at radius 3 is 1.43 bits per heavy atom. The highest BCUT2D eigenvalue weighted by atomic mass is 35.5. The number of fused-ring (bicyclic) bond motifs is 1. The first-order chi connectivity index (χ1) is 67.0. The number of ketones is 4. The monoisotopic (exact) mass is 2180 g/mol. The number of aromatic nitrogens is 9. The molecular weight excluding hydrogens is 2080 g/mol. The normalized spacial score (nSPS) is 20.7. The number of aliphatic hydroxyl groups is 5. The van der Waals surface area contributed by atoms with Crippen molar-refractivity contribution in [2.75, 3.05) is 37.1 Å². The third-order valence-corrected chi connectivity index (χ3v) is 32.6. The van der Waals surface area contributed by atoms with Crippen LogP contribution in [0, 0.1) is 42.4 Å². The van der Waals surface area contributed by atoms with Crippen molar-refractivity contribution in [2.24, 2.45) is 56.1 Å². The first-order valence-corrected chi connectivity index (χ1v) is 55.5. The smallest absolute Gasteiger partial charge is 0.333 e. The molecule has 0 aliphatic heterocycles. The fourth-order valence-electron chi connectivity index (χ4n) is 17.5. The van der Waals surface area contributed by atoms with E-state index in [2.05, 4.69) is 116 Å². The lowest BCUT2D eigenvalue weighted by Gasteiger charge is -2.15. The summed E-state index contributed by atoms with van der Waals surface area (Å²) < 4.78 is 110. The van der Waals surface area contributed by atoms with Crippen LogP contribution in [0.4, 0.5) is 11.6 Å². The predicted molar refractivity (Wildman–Crippen MR) is 537 cm³/mol. The maximum absolute atomic E-state index is 13.4. The highest BCUT2D eigenvalue weighted by molar-refractivity contribution is 7.85. The summed E-state index contributed by atoms with van der Waals surface area (Å²) in [5.41, 5.74) is 10.6. The second-order valence-electron chi connectivity index (χ2n) is 34.6. The van der Waals surface area contributed by atoms with E-state index in [1.807, 2.05) is 76.8 Å². The van der Waals surface area contributed by atoms with E-state index in [-0.39, 0.29) is 106 Å². The van der Waals surface area contributed by atoms with E-state index in [4.69, 9.17) is 67.0 Å². The quantitative estimate of drug-likeness (QED) is 0.0162. The van der Waals surface area contributed by atoms with Gasteiger partial charge in [0, 0.05) is 101 Å². The summed E-state index contributed by atoms with van der Waals surface area (Å²) in [5, 5.41) is 85.9. The maximum atomic E-state index is 13.4. The second kappa shape index (κ2) is 47.7. The van der Waals surface area contributed by atoms with Crippen molar-refractivity contribution in [1.82, 2.24) is 44.4 Å². The van der Waals surface area contributed by atoms with E-state index < -0.39 is 89.4 Å².